The van der Waals surface area contributed by atoms with Crippen LogP contribution in [0.4, 0.5) is 0 Å². The van der Waals surface area contributed by atoms with Crippen LogP contribution in [0.25, 0.3) is 22.9 Å². The Kier molecular flexibility index (Phi) is 4.84. The molecule has 1 aliphatic rings. The lowest BCUT2D eigenvalue weighted by Gasteiger charge is -2.15. The van der Waals surface area contributed by atoms with Crippen molar-refractivity contribution in [2.24, 2.45) is 0 Å². The predicted octanol–water partition coefficient (Wildman–Crippen LogP) is 4.62. The minimum Gasteiger partial charge on any atom is -0.454 e. The zero-order valence-electron chi connectivity index (χ0n) is 16.7. The summed E-state index contributed by atoms with van der Waals surface area (Å²) in [6.45, 7) is 2.14. The Balaban J connectivity index is 1.27. The number of fused-ring (bicyclic) bond motifs is 1. The molecule has 1 aromatic heterocycles. The topological polar surface area (TPSA) is 86.5 Å². The molecule has 0 saturated carbocycles. The number of amides is 1. The lowest BCUT2D eigenvalue weighted by Crippen LogP contribution is -2.26. The second-order valence-corrected chi connectivity index (χ2v) is 7.16. The van der Waals surface area contributed by atoms with Crippen molar-refractivity contribution in [1.29, 1.82) is 0 Å². The van der Waals surface area contributed by atoms with Crippen LogP contribution >= 0.6 is 0 Å². The van der Waals surface area contributed by atoms with E-state index in [9.17, 15) is 4.79 Å². The highest BCUT2D eigenvalue weighted by atomic mass is 16.7. The van der Waals surface area contributed by atoms with Gasteiger partial charge in [-0.2, -0.15) is 0 Å². The van der Waals surface area contributed by atoms with Gasteiger partial charge in [0.15, 0.2) is 11.5 Å². The predicted molar refractivity (Wildman–Crippen MR) is 114 cm³/mol. The molecule has 7 nitrogen and oxygen atoms in total. The number of rotatable bonds is 5. The molecule has 0 aliphatic carbocycles. The molecular formula is C24H19N3O4. The van der Waals surface area contributed by atoms with E-state index in [1.54, 1.807) is 24.3 Å². The second-order valence-electron chi connectivity index (χ2n) is 7.16. The summed E-state index contributed by atoms with van der Waals surface area (Å²) in [5.41, 5.74) is 3.08. The molecule has 2 heterocycles. The van der Waals surface area contributed by atoms with Gasteiger partial charge in [-0.3, -0.25) is 4.79 Å². The summed E-state index contributed by atoms with van der Waals surface area (Å²) in [4.78, 5) is 12.7. The van der Waals surface area contributed by atoms with E-state index >= 15 is 0 Å². The number of hydrogen-bond acceptors (Lipinski definition) is 6. The van der Waals surface area contributed by atoms with Crippen molar-refractivity contribution in [2.75, 3.05) is 6.79 Å². The van der Waals surface area contributed by atoms with Crippen molar-refractivity contribution in [3.05, 3.63) is 83.9 Å². The maximum atomic E-state index is 12.7. The SMILES string of the molecule is CC(NC(=O)c1ccc(-c2nnc(-c3ccccc3)o2)cc1)c1ccc2c(c1)OCO2. The lowest BCUT2D eigenvalue weighted by molar-refractivity contribution is 0.0939. The fraction of sp³-hybridized carbons (Fsp3) is 0.125. The fourth-order valence-electron chi connectivity index (χ4n) is 3.35. The highest BCUT2D eigenvalue weighted by molar-refractivity contribution is 5.94. The van der Waals surface area contributed by atoms with Crippen LogP contribution in [-0.2, 0) is 0 Å². The molecule has 0 fully saturated rings. The van der Waals surface area contributed by atoms with Crippen LogP contribution in [0.1, 0.15) is 28.9 Å². The minimum absolute atomic E-state index is 0.174. The summed E-state index contributed by atoms with van der Waals surface area (Å²) in [6.07, 6.45) is 0. The number of carbonyl (C=O) groups excluding carboxylic acids is 1. The molecule has 1 unspecified atom stereocenters. The Labute approximate surface area is 178 Å². The first kappa shape index (κ1) is 18.9. The molecule has 7 heteroatoms. The van der Waals surface area contributed by atoms with Crippen molar-refractivity contribution in [2.45, 2.75) is 13.0 Å². The van der Waals surface area contributed by atoms with Crippen LogP contribution in [0.5, 0.6) is 11.5 Å². The minimum atomic E-state index is -0.189. The molecule has 1 amide bonds. The third-order valence-electron chi connectivity index (χ3n) is 5.08. The Hall–Kier alpha value is -4.13. The number of aromatic nitrogens is 2. The largest absolute Gasteiger partial charge is 0.454 e. The molecule has 1 aliphatic heterocycles. The van der Waals surface area contributed by atoms with Gasteiger partial charge in [-0.15, -0.1) is 10.2 Å². The van der Waals surface area contributed by atoms with Crippen molar-refractivity contribution in [1.82, 2.24) is 15.5 Å². The first-order chi connectivity index (χ1) is 15.2. The molecule has 0 radical (unpaired) electrons. The van der Waals surface area contributed by atoms with E-state index in [1.165, 1.54) is 0 Å². The van der Waals surface area contributed by atoms with Crippen molar-refractivity contribution in [3.63, 3.8) is 0 Å². The average Bonchev–Trinajstić information content (AvgIpc) is 3.49. The quantitative estimate of drug-likeness (QED) is 0.514. The van der Waals surface area contributed by atoms with Crippen molar-refractivity contribution >= 4 is 5.91 Å². The molecule has 4 aromatic rings. The molecular weight excluding hydrogens is 394 g/mol. The molecule has 1 atom stereocenters. The van der Waals surface area contributed by atoms with Gasteiger partial charge in [0.2, 0.25) is 18.6 Å². The molecule has 5 rings (SSSR count). The third-order valence-corrected chi connectivity index (χ3v) is 5.08. The molecule has 1 N–H and O–H groups in total. The maximum Gasteiger partial charge on any atom is 0.251 e. The number of nitrogens with zero attached hydrogens (tertiary/aromatic N) is 2. The van der Waals surface area contributed by atoms with Crippen LogP contribution in [0.2, 0.25) is 0 Å². The fourth-order valence-corrected chi connectivity index (χ4v) is 3.35. The number of benzene rings is 3. The van der Waals surface area contributed by atoms with Crippen molar-refractivity contribution in [3.8, 4) is 34.4 Å². The summed E-state index contributed by atoms with van der Waals surface area (Å²) in [6, 6.07) is 22.1. The van der Waals surface area contributed by atoms with Gasteiger partial charge in [0.25, 0.3) is 5.91 Å². The molecule has 3 aromatic carbocycles. The van der Waals surface area contributed by atoms with Gasteiger partial charge in [-0.1, -0.05) is 24.3 Å². The number of nitrogens with one attached hydrogen (secondary N) is 1. The zero-order valence-corrected chi connectivity index (χ0v) is 16.7. The van der Waals surface area contributed by atoms with Gasteiger partial charge < -0.3 is 19.2 Å². The summed E-state index contributed by atoms with van der Waals surface area (Å²) < 4.78 is 16.5. The first-order valence-corrected chi connectivity index (χ1v) is 9.87. The number of ether oxygens (including phenoxy) is 2. The smallest absolute Gasteiger partial charge is 0.251 e. The van der Waals surface area contributed by atoms with E-state index in [-0.39, 0.29) is 18.7 Å². The maximum absolute atomic E-state index is 12.7. The first-order valence-electron chi connectivity index (χ1n) is 9.87. The summed E-state index contributed by atoms with van der Waals surface area (Å²) >= 11 is 0. The van der Waals surface area contributed by atoms with Gasteiger partial charge in [-0.05, 0) is 61.0 Å². The average molecular weight is 413 g/mol. The molecule has 0 bridgehead atoms. The number of hydrogen-bond donors (Lipinski definition) is 1. The standard InChI is InChI=1S/C24H19N3O4/c1-15(19-11-12-20-21(13-19)30-14-29-20)25-22(28)16-7-9-18(10-8-16)24-27-26-23(31-24)17-5-3-2-4-6-17/h2-13,15H,14H2,1H3,(H,25,28). The van der Waals surface area contributed by atoms with Gasteiger partial charge >= 0.3 is 0 Å². The van der Waals surface area contributed by atoms with Crippen LogP contribution < -0.4 is 14.8 Å². The van der Waals surface area contributed by atoms with E-state index in [1.807, 2.05) is 55.5 Å². The molecule has 31 heavy (non-hydrogen) atoms. The van der Waals surface area contributed by atoms with Gasteiger partial charge in [0.1, 0.15) is 0 Å². The number of carbonyl (C=O) groups is 1. The monoisotopic (exact) mass is 413 g/mol. The van der Waals surface area contributed by atoms with Crippen LogP contribution in [0.3, 0.4) is 0 Å². The van der Waals surface area contributed by atoms with Crippen molar-refractivity contribution < 1.29 is 18.7 Å². The highest BCUT2D eigenvalue weighted by Crippen LogP contribution is 2.34. The van der Waals surface area contributed by atoms with Gasteiger partial charge in [0, 0.05) is 16.7 Å². The lowest BCUT2D eigenvalue weighted by atomic mass is 10.1. The normalized spacial score (nSPS) is 13.1. The van der Waals surface area contributed by atoms with E-state index in [0.717, 1.165) is 16.7 Å². The molecule has 0 saturated heterocycles. The summed E-state index contributed by atoms with van der Waals surface area (Å²) in [7, 11) is 0. The van der Waals surface area contributed by atoms with E-state index < -0.39 is 0 Å². The van der Waals surface area contributed by atoms with Crippen LogP contribution in [-0.4, -0.2) is 22.9 Å². The molecule has 0 spiro atoms. The Bertz CT molecular complexity index is 1220. The zero-order chi connectivity index (χ0) is 21.2. The van der Waals surface area contributed by atoms with Crippen LogP contribution in [0.15, 0.2) is 77.2 Å². The Morgan fingerprint density at radius 1 is 0.871 bits per heavy atom. The summed E-state index contributed by atoms with van der Waals surface area (Å²) in [5, 5.41) is 11.2. The van der Waals surface area contributed by atoms with Gasteiger partial charge in [-0.25, -0.2) is 0 Å². The highest BCUT2D eigenvalue weighted by Gasteiger charge is 2.18. The van der Waals surface area contributed by atoms with E-state index in [4.69, 9.17) is 13.9 Å². The Morgan fingerprint density at radius 3 is 2.29 bits per heavy atom. The Morgan fingerprint density at radius 2 is 1.55 bits per heavy atom. The van der Waals surface area contributed by atoms with E-state index in [2.05, 4.69) is 15.5 Å². The third kappa shape index (κ3) is 3.85. The van der Waals surface area contributed by atoms with Crippen LogP contribution in [0, 0.1) is 0 Å². The molecule has 154 valence electrons. The van der Waals surface area contributed by atoms with Gasteiger partial charge in [0.05, 0.1) is 6.04 Å². The summed E-state index contributed by atoms with van der Waals surface area (Å²) in [5.74, 6) is 2.09. The second kappa shape index (κ2) is 7.95. The van der Waals surface area contributed by atoms with E-state index in [0.29, 0.717) is 28.8 Å².